The molecule has 1 N–H and O–H groups in total. The van der Waals surface area contributed by atoms with Gasteiger partial charge in [0.15, 0.2) is 5.76 Å². The highest BCUT2D eigenvalue weighted by molar-refractivity contribution is 5.76. The molecular formula is C28H29NO4. The summed E-state index contributed by atoms with van der Waals surface area (Å²) in [7, 11) is 1.56. The third-order valence-corrected chi connectivity index (χ3v) is 5.68. The number of aromatic nitrogens is 1. The molecule has 5 nitrogen and oxygen atoms in total. The highest BCUT2D eigenvalue weighted by Crippen LogP contribution is 2.37. The fraction of sp³-hybridized carbons (Fsp3) is 0.250. The first-order chi connectivity index (χ1) is 16.2. The van der Waals surface area contributed by atoms with Crippen molar-refractivity contribution in [3.63, 3.8) is 0 Å². The first-order valence-corrected chi connectivity index (χ1v) is 11.1. The van der Waals surface area contributed by atoms with E-state index in [2.05, 4.69) is 0 Å². The molecule has 5 heteroatoms. The molecule has 0 aliphatic rings. The Morgan fingerprint density at radius 2 is 1.42 bits per heavy atom. The maximum atomic E-state index is 11.3. The summed E-state index contributed by atoms with van der Waals surface area (Å²) in [6, 6.07) is 29.9. The van der Waals surface area contributed by atoms with Crippen molar-refractivity contribution in [2.45, 2.75) is 31.5 Å². The normalized spacial score (nSPS) is 14.0. The second-order valence-electron chi connectivity index (χ2n) is 8.03. The molecule has 0 saturated carbocycles. The minimum absolute atomic E-state index is 0.104. The monoisotopic (exact) mass is 443 g/mol. The Bertz CT molecular complexity index is 1060. The van der Waals surface area contributed by atoms with Crippen LogP contribution in [0.25, 0.3) is 22.6 Å². The molecule has 0 spiro atoms. The Morgan fingerprint density at radius 3 is 2.03 bits per heavy atom. The Labute approximate surface area is 194 Å². The molecule has 4 aromatic rings. The average molecular weight is 444 g/mol. The quantitative estimate of drug-likeness (QED) is 0.318. The Hall–Kier alpha value is -3.25. The summed E-state index contributed by atoms with van der Waals surface area (Å²) >= 11 is 0. The Morgan fingerprint density at radius 1 is 0.848 bits per heavy atom. The van der Waals surface area contributed by atoms with Crippen molar-refractivity contribution >= 4 is 0 Å². The minimum atomic E-state index is -0.841. The van der Waals surface area contributed by atoms with E-state index in [9.17, 15) is 5.11 Å². The predicted molar refractivity (Wildman–Crippen MR) is 129 cm³/mol. The van der Waals surface area contributed by atoms with Crippen LogP contribution in [0.3, 0.4) is 0 Å². The van der Waals surface area contributed by atoms with Gasteiger partial charge >= 0.3 is 0 Å². The second-order valence-corrected chi connectivity index (χ2v) is 8.03. The smallest absolute Gasteiger partial charge is 0.201 e. The molecule has 0 fully saturated rings. The highest BCUT2D eigenvalue weighted by atomic mass is 16.7. The molecule has 3 atom stereocenters. The van der Waals surface area contributed by atoms with Crippen LogP contribution in [-0.4, -0.2) is 36.2 Å². The van der Waals surface area contributed by atoms with Crippen molar-refractivity contribution < 1.29 is 19.0 Å². The van der Waals surface area contributed by atoms with Crippen LogP contribution in [0.4, 0.5) is 0 Å². The van der Waals surface area contributed by atoms with Gasteiger partial charge in [0, 0.05) is 18.2 Å². The Kier molecular flexibility index (Phi) is 7.68. The van der Waals surface area contributed by atoms with Gasteiger partial charge in [-0.25, -0.2) is 4.98 Å². The van der Waals surface area contributed by atoms with E-state index in [-0.39, 0.29) is 6.79 Å². The topological polar surface area (TPSA) is 64.7 Å². The molecule has 0 aliphatic heterocycles. The third-order valence-electron chi connectivity index (χ3n) is 5.68. The van der Waals surface area contributed by atoms with Crippen LogP contribution in [0.15, 0.2) is 95.4 Å². The average Bonchev–Trinajstić information content (AvgIpc) is 3.32. The van der Waals surface area contributed by atoms with Crippen LogP contribution in [-0.2, 0) is 15.9 Å². The molecular weight excluding hydrogens is 414 g/mol. The number of aliphatic hydroxyl groups excluding tert-OH is 1. The van der Waals surface area contributed by atoms with E-state index >= 15 is 0 Å². The number of benzene rings is 3. The molecule has 0 amide bonds. The van der Waals surface area contributed by atoms with Crippen molar-refractivity contribution in [3.05, 3.63) is 102 Å². The van der Waals surface area contributed by atoms with Gasteiger partial charge in [-0.2, -0.15) is 0 Å². The third kappa shape index (κ3) is 5.57. The van der Waals surface area contributed by atoms with Crippen molar-refractivity contribution in [2.75, 3.05) is 13.9 Å². The van der Waals surface area contributed by atoms with Gasteiger partial charge in [0.25, 0.3) is 0 Å². The van der Waals surface area contributed by atoms with Crippen molar-refractivity contribution in [2.24, 2.45) is 0 Å². The molecule has 0 radical (unpaired) electrons. The van der Waals surface area contributed by atoms with Crippen LogP contribution in [0.2, 0.25) is 0 Å². The van der Waals surface area contributed by atoms with Crippen LogP contribution in [0.1, 0.15) is 24.3 Å². The number of methoxy groups -OCH3 is 1. The fourth-order valence-corrected chi connectivity index (χ4v) is 3.90. The molecule has 33 heavy (non-hydrogen) atoms. The van der Waals surface area contributed by atoms with Crippen molar-refractivity contribution in [1.82, 2.24) is 4.98 Å². The van der Waals surface area contributed by atoms with Crippen LogP contribution in [0.5, 0.6) is 0 Å². The minimum Gasteiger partial charge on any atom is -0.440 e. The van der Waals surface area contributed by atoms with E-state index in [0.29, 0.717) is 18.1 Å². The molecule has 1 aromatic heterocycles. The Balaban J connectivity index is 1.78. The standard InChI is InChI=1S/C28H29NO4/c1-20(32-19-31-2)26(30)24(18-21-12-6-3-7-13-21)28-29-25(22-14-8-4-9-15-22)27(33-28)23-16-10-5-11-17-23/h3-17,20,24,26,30H,18-19H2,1-2H3/t20-,24?,26?/m0/s1. The van der Waals surface area contributed by atoms with Gasteiger partial charge in [0.2, 0.25) is 5.89 Å². The number of nitrogens with zero attached hydrogens (tertiary/aromatic N) is 1. The second kappa shape index (κ2) is 11.1. The first kappa shape index (κ1) is 22.9. The van der Waals surface area contributed by atoms with Gasteiger partial charge in [0.05, 0.1) is 18.1 Å². The van der Waals surface area contributed by atoms with E-state index in [1.54, 1.807) is 7.11 Å². The molecule has 3 aromatic carbocycles. The highest BCUT2D eigenvalue weighted by Gasteiger charge is 2.32. The van der Waals surface area contributed by atoms with E-state index in [0.717, 1.165) is 22.4 Å². The van der Waals surface area contributed by atoms with Crippen LogP contribution < -0.4 is 0 Å². The van der Waals surface area contributed by atoms with Gasteiger partial charge in [-0.05, 0) is 18.9 Å². The molecule has 0 saturated heterocycles. The predicted octanol–water partition coefficient (Wildman–Crippen LogP) is 5.70. The van der Waals surface area contributed by atoms with E-state index in [4.69, 9.17) is 18.9 Å². The maximum absolute atomic E-state index is 11.3. The number of rotatable bonds is 10. The lowest BCUT2D eigenvalue weighted by Crippen LogP contribution is -2.34. The summed E-state index contributed by atoms with van der Waals surface area (Å²) in [6.45, 7) is 1.94. The molecule has 1 heterocycles. The van der Waals surface area contributed by atoms with E-state index in [1.807, 2.05) is 97.9 Å². The summed E-state index contributed by atoms with van der Waals surface area (Å²) in [5, 5.41) is 11.3. The zero-order chi connectivity index (χ0) is 23.0. The molecule has 2 unspecified atom stereocenters. The van der Waals surface area contributed by atoms with Crippen LogP contribution in [0, 0.1) is 0 Å². The summed E-state index contributed by atoms with van der Waals surface area (Å²) in [5.41, 5.74) is 3.74. The van der Waals surface area contributed by atoms with Crippen molar-refractivity contribution in [3.8, 4) is 22.6 Å². The van der Waals surface area contributed by atoms with Gasteiger partial charge in [-0.3, -0.25) is 0 Å². The van der Waals surface area contributed by atoms with E-state index < -0.39 is 18.1 Å². The van der Waals surface area contributed by atoms with Crippen LogP contribution >= 0.6 is 0 Å². The van der Waals surface area contributed by atoms with Gasteiger partial charge in [-0.1, -0.05) is 91.0 Å². The fourth-order valence-electron chi connectivity index (χ4n) is 3.90. The van der Waals surface area contributed by atoms with Gasteiger partial charge < -0.3 is 19.0 Å². The summed E-state index contributed by atoms with van der Waals surface area (Å²) < 4.78 is 17.1. The zero-order valence-electron chi connectivity index (χ0n) is 18.9. The summed E-state index contributed by atoms with van der Waals surface area (Å²) in [6.07, 6.45) is -0.747. The number of ether oxygens (including phenoxy) is 2. The molecule has 0 aliphatic carbocycles. The van der Waals surface area contributed by atoms with E-state index in [1.165, 1.54) is 0 Å². The largest absolute Gasteiger partial charge is 0.440 e. The lowest BCUT2D eigenvalue weighted by Gasteiger charge is -2.25. The SMILES string of the molecule is COCO[C@@H](C)C(O)C(Cc1ccccc1)c1nc(-c2ccccc2)c(-c2ccccc2)o1. The summed E-state index contributed by atoms with van der Waals surface area (Å²) in [5.74, 6) is 0.767. The lowest BCUT2D eigenvalue weighted by atomic mass is 9.91. The molecule has 4 rings (SSSR count). The number of oxazole rings is 1. The number of hydrogen-bond acceptors (Lipinski definition) is 5. The number of aliphatic hydroxyl groups is 1. The molecule has 0 bridgehead atoms. The van der Waals surface area contributed by atoms with Crippen molar-refractivity contribution in [1.29, 1.82) is 0 Å². The van der Waals surface area contributed by atoms with Gasteiger partial charge in [-0.15, -0.1) is 0 Å². The zero-order valence-corrected chi connectivity index (χ0v) is 18.9. The number of hydrogen-bond donors (Lipinski definition) is 1. The summed E-state index contributed by atoms with van der Waals surface area (Å²) in [4.78, 5) is 4.92. The van der Waals surface area contributed by atoms with Gasteiger partial charge in [0.1, 0.15) is 12.5 Å². The lowest BCUT2D eigenvalue weighted by molar-refractivity contribution is -0.111. The maximum Gasteiger partial charge on any atom is 0.201 e. The molecule has 170 valence electrons. The first-order valence-electron chi connectivity index (χ1n) is 11.1.